The first-order valence-electron chi connectivity index (χ1n) is 12.9. The second-order valence-electron chi connectivity index (χ2n) is 9.50. The number of nitrogens with one attached hydrogen (secondary N) is 1. The number of rotatable bonds is 12. The monoisotopic (exact) mass is 551 g/mol. The third kappa shape index (κ3) is 7.60. The van der Waals surface area contributed by atoms with E-state index < -0.39 is 28.5 Å². The quantitative estimate of drug-likeness (QED) is 0.359. The van der Waals surface area contributed by atoms with Gasteiger partial charge in [-0.25, -0.2) is 8.42 Å². The van der Waals surface area contributed by atoms with Crippen LogP contribution in [0.1, 0.15) is 37.0 Å². The molecule has 0 bridgehead atoms. The van der Waals surface area contributed by atoms with Crippen LogP contribution in [-0.2, 0) is 26.2 Å². The lowest BCUT2D eigenvalue weighted by Gasteiger charge is -2.32. The molecule has 0 saturated heterocycles. The van der Waals surface area contributed by atoms with Gasteiger partial charge in [0, 0.05) is 13.1 Å². The number of amides is 2. The van der Waals surface area contributed by atoms with Crippen LogP contribution in [0.15, 0.2) is 77.7 Å². The molecule has 2 amide bonds. The van der Waals surface area contributed by atoms with Gasteiger partial charge in [0.2, 0.25) is 11.8 Å². The van der Waals surface area contributed by atoms with Crippen LogP contribution in [-0.4, -0.2) is 51.4 Å². The lowest BCUT2D eigenvalue weighted by Crippen LogP contribution is -2.51. The van der Waals surface area contributed by atoms with Crippen molar-refractivity contribution >= 4 is 27.5 Å². The van der Waals surface area contributed by atoms with Crippen molar-refractivity contribution in [1.29, 1.82) is 0 Å². The third-order valence-electron chi connectivity index (χ3n) is 6.41. The average molecular weight is 552 g/mol. The minimum atomic E-state index is -4.09. The zero-order valence-corrected chi connectivity index (χ0v) is 24.0. The molecule has 0 unspecified atom stereocenters. The zero-order chi connectivity index (χ0) is 28.6. The van der Waals surface area contributed by atoms with Gasteiger partial charge in [-0.05, 0) is 74.7 Å². The first kappa shape index (κ1) is 29.7. The van der Waals surface area contributed by atoms with Gasteiger partial charge < -0.3 is 15.0 Å². The topological polar surface area (TPSA) is 96.0 Å². The number of sulfonamides is 1. The second kappa shape index (κ2) is 13.3. The number of carbonyl (C=O) groups excluding carboxylic acids is 2. The first-order valence-corrected chi connectivity index (χ1v) is 14.4. The Morgan fingerprint density at radius 2 is 1.62 bits per heavy atom. The van der Waals surface area contributed by atoms with Crippen LogP contribution in [0.5, 0.6) is 5.75 Å². The van der Waals surface area contributed by atoms with Crippen molar-refractivity contribution < 1.29 is 22.7 Å². The van der Waals surface area contributed by atoms with E-state index in [1.165, 1.54) is 17.0 Å². The van der Waals surface area contributed by atoms with Crippen LogP contribution in [0.3, 0.4) is 0 Å². The normalized spacial score (nSPS) is 11.9. The van der Waals surface area contributed by atoms with Crippen molar-refractivity contribution in [3.8, 4) is 5.75 Å². The van der Waals surface area contributed by atoms with E-state index in [1.54, 1.807) is 56.5 Å². The van der Waals surface area contributed by atoms with Crippen molar-refractivity contribution in [2.24, 2.45) is 0 Å². The Bertz CT molecular complexity index is 1370. The van der Waals surface area contributed by atoms with Crippen LogP contribution in [0.4, 0.5) is 5.69 Å². The summed E-state index contributed by atoms with van der Waals surface area (Å²) in [6.07, 6.45) is 0.751. The summed E-state index contributed by atoms with van der Waals surface area (Å²) in [5, 5.41) is 2.84. The minimum Gasteiger partial charge on any atom is -0.497 e. The number of benzene rings is 3. The van der Waals surface area contributed by atoms with Crippen molar-refractivity contribution in [1.82, 2.24) is 10.2 Å². The van der Waals surface area contributed by atoms with Crippen LogP contribution in [0.25, 0.3) is 0 Å². The van der Waals surface area contributed by atoms with E-state index in [4.69, 9.17) is 4.74 Å². The maximum atomic E-state index is 13.9. The van der Waals surface area contributed by atoms with Crippen LogP contribution in [0.2, 0.25) is 0 Å². The summed E-state index contributed by atoms with van der Waals surface area (Å²) in [5.74, 6) is -0.135. The molecule has 0 aromatic heterocycles. The summed E-state index contributed by atoms with van der Waals surface area (Å²) in [7, 11) is -2.52. The first-order chi connectivity index (χ1) is 18.6. The summed E-state index contributed by atoms with van der Waals surface area (Å²) in [5.41, 5.74) is 2.93. The molecule has 3 rings (SSSR count). The third-order valence-corrected chi connectivity index (χ3v) is 8.19. The lowest BCUT2D eigenvalue weighted by atomic mass is 10.1. The summed E-state index contributed by atoms with van der Waals surface area (Å²) >= 11 is 0. The maximum Gasteiger partial charge on any atom is 0.264 e. The molecule has 3 aromatic carbocycles. The highest BCUT2D eigenvalue weighted by atomic mass is 32.2. The fraction of sp³-hybridized carbons (Fsp3) is 0.333. The molecule has 0 radical (unpaired) electrons. The Hall–Kier alpha value is -3.85. The van der Waals surface area contributed by atoms with E-state index in [0.717, 1.165) is 27.4 Å². The molecule has 1 N–H and O–H groups in total. The van der Waals surface area contributed by atoms with E-state index in [-0.39, 0.29) is 17.3 Å². The molecule has 0 fully saturated rings. The van der Waals surface area contributed by atoms with Gasteiger partial charge in [-0.2, -0.15) is 0 Å². The Balaban J connectivity index is 2.01. The molecule has 8 nitrogen and oxygen atoms in total. The molecular weight excluding hydrogens is 514 g/mol. The number of nitrogens with zero attached hydrogens (tertiary/aromatic N) is 2. The van der Waals surface area contributed by atoms with Crippen molar-refractivity contribution in [3.05, 3.63) is 89.5 Å². The predicted octanol–water partition coefficient (Wildman–Crippen LogP) is 4.45. The van der Waals surface area contributed by atoms with Crippen molar-refractivity contribution in [2.45, 2.75) is 51.6 Å². The molecule has 0 heterocycles. The minimum absolute atomic E-state index is 0.0813. The largest absolute Gasteiger partial charge is 0.497 e. The predicted molar refractivity (Wildman–Crippen MR) is 153 cm³/mol. The van der Waals surface area contributed by atoms with Gasteiger partial charge in [-0.1, -0.05) is 48.9 Å². The van der Waals surface area contributed by atoms with Gasteiger partial charge in [0.15, 0.2) is 0 Å². The zero-order valence-electron chi connectivity index (χ0n) is 23.2. The van der Waals surface area contributed by atoms with E-state index in [9.17, 15) is 18.0 Å². The van der Waals surface area contributed by atoms with Gasteiger partial charge in [0.05, 0.1) is 17.7 Å². The van der Waals surface area contributed by atoms with Gasteiger partial charge in [0.25, 0.3) is 10.0 Å². The second-order valence-corrected chi connectivity index (χ2v) is 11.4. The molecule has 0 spiro atoms. The van der Waals surface area contributed by atoms with E-state index in [2.05, 4.69) is 5.32 Å². The summed E-state index contributed by atoms with van der Waals surface area (Å²) in [6.45, 7) is 7.46. The van der Waals surface area contributed by atoms with Crippen LogP contribution in [0, 0.1) is 13.8 Å². The average Bonchev–Trinajstić information content (AvgIpc) is 2.93. The van der Waals surface area contributed by atoms with Crippen LogP contribution >= 0.6 is 0 Å². The Morgan fingerprint density at radius 1 is 0.949 bits per heavy atom. The van der Waals surface area contributed by atoms with Crippen molar-refractivity contribution in [2.75, 3.05) is 24.5 Å². The fourth-order valence-electron chi connectivity index (χ4n) is 4.06. The molecule has 3 aromatic rings. The number of carbonyl (C=O) groups is 2. The van der Waals surface area contributed by atoms with E-state index >= 15 is 0 Å². The van der Waals surface area contributed by atoms with Crippen LogP contribution < -0.4 is 14.4 Å². The highest BCUT2D eigenvalue weighted by Gasteiger charge is 2.32. The smallest absolute Gasteiger partial charge is 0.264 e. The fourth-order valence-corrected chi connectivity index (χ4v) is 5.46. The molecule has 0 aliphatic carbocycles. The molecule has 0 aliphatic rings. The van der Waals surface area contributed by atoms with Crippen molar-refractivity contribution in [3.63, 3.8) is 0 Å². The number of hydrogen-bond donors (Lipinski definition) is 1. The van der Waals surface area contributed by atoms with Gasteiger partial charge in [-0.15, -0.1) is 0 Å². The molecule has 0 saturated carbocycles. The summed E-state index contributed by atoms with van der Waals surface area (Å²) < 4.78 is 34.0. The molecule has 208 valence electrons. The summed E-state index contributed by atoms with van der Waals surface area (Å²) in [6, 6.07) is 19.9. The Kier molecular flexibility index (Phi) is 10.1. The number of hydrogen-bond acceptors (Lipinski definition) is 5. The molecular formula is C30H37N3O5S. The number of ether oxygens (including phenoxy) is 1. The number of anilines is 1. The molecule has 39 heavy (non-hydrogen) atoms. The summed E-state index contributed by atoms with van der Waals surface area (Å²) in [4.78, 5) is 28.3. The van der Waals surface area contributed by atoms with Gasteiger partial charge >= 0.3 is 0 Å². The van der Waals surface area contributed by atoms with E-state index in [1.807, 2.05) is 39.0 Å². The highest BCUT2D eigenvalue weighted by Crippen LogP contribution is 2.26. The molecule has 9 heteroatoms. The lowest BCUT2D eigenvalue weighted by molar-refractivity contribution is -0.139. The Morgan fingerprint density at radius 3 is 2.21 bits per heavy atom. The maximum absolute atomic E-state index is 13.9. The van der Waals surface area contributed by atoms with Gasteiger partial charge in [0.1, 0.15) is 18.3 Å². The highest BCUT2D eigenvalue weighted by molar-refractivity contribution is 7.92. The SMILES string of the molecule is CCCNC(=O)[C@@H](C)N(Cc1ccc(OC)cc1)C(=O)CN(c1cccc(C)c1)S(=O)(=O)c1ccc(C)cc1. The molecule has 0 aliphatic heterocycles. The Labute approximate surface area is 231 Å². The number of methoxy groups -OCH3 is 1. The van der Waals surface area contributed by atoms with E-state index in [0.29, 0.717) is 18.0 Å². The van der Waals surface area contributed by atoms with Gasteiger partial charge in [-0.3, -0.25) is 13.9 Å². The molecule has 1 atom stereocenters. The number of aryl methyl sites for hydroxylation is 2. The standard InChI is InChI=1S/C30H37N3O5S/c1-6-18-31-30(35)24(4)32(20-25-12-14-27(38-5)15-13-25)29(34)21-33(26-9-7-8-23(3)19-26)39(36,37)28-16-10-22(2)11-17-28/h7-17,19,24H,6,18,20-21H2,1-5H3,(H,31,35)/t24-/m1/s1.